The van der Waals surface area contributed by atoms with E-state index in [2.05, 4.69) is 5.32 Å². The Hall–Kier alpha value is -0.610. The van der Waals surface area contributed by atoms with Gasteiger partial charge in [-0.1, -0.05) is 6.92 Å². The summed E-state index contributed by atoms with van der Waals surface area (Å²) in [6, 6.07) is 0. The van der Waals surface area contributed by atoms with E-state index in [1.165, 1.54) is 0 Å². The maximum atomic E-state index is 11.6. The quantitative estimate of drug-likeness (QED) is 0.701. The third-order valence-electron chi connectivity index (χ3n) is 2.87. The Balaban J connectivity index is 2.14. The van der Waals surface area contributed by atoms with E-state index in [1.54, 1.807) is 0 Å². The van der Waals surface area contributed by atoms with Crippen LogP contribution in [0.15, 0.2) is 0 Å². The average molecular weight is 214 g/mol. The maximum absolute atomic E-state index is 11.6. The van der Waals surface area contributed by atoms with Gasteiger partial charge in [-0.15, -0.1) is 0 Å². The summed E-state index contributed by atoms with van der Waals surface area (Å²) >= 11 is 0. The molecule has 1 heterocycles. The van der Waals surface area contributed by atoms with Crippen molar-refractivity contribution in [1.82, 2.24) is 5.32 Å². The molecular formula is C11H22N2O2. The van der Waals surface area contributed by atoms with Crippen molar-refractivity contribution in [2.75, 3.05) is 26.3 Å². The van der Waals surface area contributed by atoms with Crippen LogP contribution in [0.1, 0.15) is 26.2 Å². The third-order valence-corrected chi connectivity index (χ3v) is 2.87. The lowest BCUT2D eigenvalue weighted by atomic mass is 10.0. The Morgan fingerprint density at radius 1 is 1.67 bits per heavy atom. The van der Waals surface area contributed by atoms with Gasteiger partial charge in [0.25, 0.3) is 0 Å². The van der Waals surface area contributed by atoms with Gasteiger partial charge in [-0.3, -0.25) is 4.79 Å². The van der Waals surface area contributed by atoms with Crippen LogP contribution in [0.25, 0.3) is 0 Å². The second-order valence-electron chi connectivity index (χ2n) is 4.31. The molecule has 0 radical (unpaired) electrons. The molecule has 88 valence electrons. The molecule has 4 nitrogen and oxygen atoms in total. The molecule has 1 rings (SSSR count). The highest BCUT2D eigenvalue weighted by Crippen LogP contribution is 2.12. The predicted molar refractivity (Wildman–Crippen MR) is 59.4 cm³/mol. The van der Waals surface area contributed by atoms with E-state index in [-0.39, 0.29) is 11.8 Å². The number of hydrogen-bond donors (Lipinski definition) is 2. The molecule has 4 heteroatoms. The van der Waals surface area contributed by atoms with Crippen molar-refractivity contribution in [1.29, 1.82) is 0 Å². The van der Waals surface area contributed by atoms with Crippen LogP contribution in [0.3, 0.4) is 0 Å². The molecule has 1 amide bonds. The molecule has 15 heavy (non-hydrogen) atoms. The minimum absolute atomic E-state index is 0.0273. The normalized spacial score (nSPS) is 23.5. The third kappa shape index (κ3) is 4.62. The molecular weight excluding hydrogens is 192 g/mol. The molecule has 3 N–H and O–H groups in total. The first-order valence-electron chi connectivity index (χ1n) is 5.79. The van der Waals surface area contributed by atoms with Gasteiger partial charge in [-0.2, -0.15) is 0 Å². The summed E-state index contributed by atoms with van der Waals surface area (Å²) in [5, 5.41) is 2.96. The monoisotopic (exact) mass is 214 g/mol. The Kier molecular flexibility index (Phi) is 5.65. The molecule has 1 aliphatic rings. The first-order chi connectivity index (χ1) is 7.24. The van der Waals surface area contributed by atoms with Crippen LogP contribution >= 0.6 is 0 Å². The zero-order valence-electron chi connectivity index (χ0n) is 9.50. The molecule has 0 spiro atoms. The van der Waals surface area contributed by atoms with Gasteiger partial charge in [0, 0.05) is 19.1 Å². The van der Waals surface area contributed by atoms with Gasteiger partial charge in [0.2, 0.25) is 5.91 Å². The standard InChI is InChI=1S/C11H22N2O2/c1-9(4-5-12)11(14)13-7-10-3-2-6-15-8-10/h9-10H,2-8,12H2,1H3,(H,13,14). The highest BCUT2D eigenvalue weighted by molar-refractivity contribution is 5.78. The molecule has 0 saturated carbocycles. The van der Waals surface area contributed by atoms with Crippen molar-refractivity contribution >= 4 is 5.91 Å². The second-order valence-corrected chi connectivity index (χ2v) is 4.31. The van der Waals surface area contributed by atoms with Crippen molar-refractivity contribution in [2.24, 2.45) is 17.6 Å². The summed E-state index contributed by atoms with van der Waals surface area (Å²) in [4.78, 5) is 11.6. The molecule has 1 aliphatic heterocycles. The molecule has 0 bridgehead atoms. The van der Waals surface area contributed by atoms with Crippen LogP contribution in [-0.4, -0.2) is 32.2 Å². The van der Waals surface area contributed by atoms with Crippen molar-refractivity contribution in [3.8, 4) is 0 Å². The average Bonchev–Trinajstić information content (AvgIpc) is 2.27. The lowest BCUT2D eigenvalue weighted by Crippen LogP contribution is -2.36. The van der Waals surface area contributed by atoms with E-state index < -0.39 is 0 Å². The lowest BCUT2D eigenvalue weighted by molar-refractivity contribution is -0.125. The van der Waals surface area contributed by atoms with Crippen molar-refractivity contribution in [3.05, 3.63) is 0 Å². The van der Waals surface area contributed by atoms with Crippen molar-refractivity contribution in [2.45, 2.75) is 26.2 Å². The van der Waals surface area contributed by atoms with Crippen LogP contribution in [0.2, 0.25) is 0 Å². The minimum Gasteiger partial charge on any atom is -0.381 e. The first kappa shape index (κ1) is 12.5. The van der Waals surface area contributed by atoms with E-state index in [0.717, 1.165) is 39.0 Å². The summed E-state index contributed by atoms with van der Waals surface area (Å²) in [7, 11) is 0. The van der Waals surface area contributed by atoms with Crippen molar-refractivity contribution < 1.29 is 9.53 Å². The van der Waals surface area contributed by atoms with E-state index in [4.69, 9.17) is 10.5 Å². The zero-order valence-corrected chi connectivity index (χ0v) is 9.50. The summed E-state index contributed by atoms with van der Waals surface area (Å²) in [5.41, 5.74) is 5.41. The van der Waals surface area contributed by atoms with Crippen LogP contribution in [0.5, 0.6) is 0 Å². The summed E-state index contributed by atoms with van der Waals surface area (Å²) in [5.74, 6) is 0.637. The summed E-state index contributed by atoms with van der Waals surface area (Å²) < 4.78 is 5.35. The molecule has 0 aromatic rings. The Labute approximate surface area is 91.5 Å². The lowest BCUT2D eigenvalue weighted by Gasteiger charge is -2.23. The molecule has 1 fully saturated rings. The smallest absolute Gasteiger partial charge is 0.222 e. The van der Waals surface area contributed by atoms with Gasteiger partial charge in [0.1, 0.15) is 0 Å². The minimum atomic E-state index is 0.0273. The second kappa shape index (κ2) is 6.80. The fourth-order valence-corrected chi connectivity index (χ4v) is 1.77. The fourth-order valence-electron chi connectivity index (χ4n) is 1.77. The number of nitrogens with two attached hydrogens (primary N) is 1. The molecule has 2 atom stereocenters. The van der Waals surface area contributed by atoms with E-state index in [1.807, 2.05) is 6.92 Å². The summed E-state index contributed by atoms with van der Waals surface area (Å²) in [6.45, 7) is 4.88. The summed E-state index contributed by atoms with van der Waals surface area (Å²) in [6.07, 6.45) is 3.03. The molecule has 2 unspecified atom stereocenters. The Morgan fingerprint density at radius 2 is 2.47 bits per heavy atom. The number of nitrogens with one attached hydrogen (secondary N) is 1. The van der Waals surface area contributed by atoms with Crippen LogP contribution < -0.4 is 11.1 Å². The Bertz CT molecular complexity index is 191. The maximum Gasteiger partial charge on any atom is 0.222 e. The van der Waals surface area contributed by atoms with Gasteiger partial charge >= 0.3 is 0 Å². The zero-order chi connectivity index (χ0) is 11.1. The number of carbonyl (C=O) groups is 1. The van der Waals surface area contributed by atoms with Gasteiger partial charge in [-0.05, 0) is 31.7 Å². The molecule has 0 aromatic carbocycles. The topological polar surface area (TPSA) is 64.4 Å². The van der Waals surface area contributed by atoms with Gasteiger partial charge in [-0.25, -0.2) is 0 Å². The van der Waals surface area contributed by atoms with Crippen LogP contribution in [0.4, 0.5) is 0 Å². The highest BCUT2D eigenvalue weighted by Gasteiger charge is 2.16. The number of rotatable bonds is 5. The fraction of sp³-hybridized carbons (Fsp3) is 0.909. The van der Waals surface area contributed by atoms with Gasteiger partial charge in [0.05, 0.1) is 6.61 Å². The van der Waals surface area contributed by atoms with Crippen molar-refractivity contribution in [3.63, 3.8) is 0 Å². The van der Waals surface area contributed by atoms with Gasteiger partial charge in [0.15, 0.2) is 0 Å². The highest BCUT2D eigenvalue weighted by atomic mass is 16.5. The van der Waals surface area contributed by atoms with Crippen LogP contribution in [0, 0.1) is 11.8 Å². The number of carbonyl (C=O) groups excluding carboxylic acids is 1. The van der Waals surface area contributed by atoms with E-state index in [9.17, 15) is 4.79 Å². The molecule has 1 saturated heterocycles. The van der Waals surface area contributed by atoms with E-state index in [0.29, 0.717) is 12.5 Å². The number of hydrogen-bond acceptors (Lipinski definition) is 3. The first-order valence-corrected chi connectivity index (χ1v) is 5.79. The number of amides is 1. The van der Waals surface area contributed by atoms with Gasteiger partial charge < -0.3 is 15.8 Å². The molecule has 0 aromatic heterocycles. The Morgan fingerprint density at radius 3 is 3.07 bits per heavy atom. The number of ether oxygens (including phenoxy) is 1. The molecule has 0 aliphatic carbocycles. The van der Waals surface area contributed by atoms with Crippen LogP contribution in [-0.2, 0) is 9.53 Å². The largest absolute Gasteiger partial charge is 0.381 e. The SMILES string of the molecule is CC(CCN)C(=O)NCC1CCCOC1. The van der Waals surface area contributed by atoms with E-state index >= 15 is 0 Å². The predicted octanol–water partition coefficient (Wildman–Crippen LogP) is 0.514.